The zero-order chi connectivity index (χ0) is 23.0. The molecule has 1 N–H and O–H groups in total. The van der Waals surface area contributed by atoms with E-state index in [0.717, 1.165) is 25.9 Å². The molecule has 10 heteroatoms. The van der Waals surface area contributed by atoms with Crippen molar-refractivity contribution >= 4 is 38.2 Å². The molecule has 1 aromatic heterocycles. The van der Waals surface area contributed by atoms with Crippen LogP contribution in [0.4, 0.5) is 5.69 Å². The fraction of sp³-hybridized carbons (Fsp3) is 0.304. The van der Waals surface area contributed by atoms with E-state index in [1.54, 1.807) is 51.9 Å². The predicted molar refractivity (Wildman–Crippen MR) is 121 cm³/mol. The number of anilines is 1. The van der Waals surface area contributed by atoms with Gasteiger partial charge in [0.1, 0.15) is 12.3 Å². The minimum Gasteiger partial charge on any atom is -0.454 e. The van der Waals surface area contributed by atoms with Crippen molar-refractivity contribution in [3.8, 4) is 11.5 Å². The number of aromatic nitrogens is 1. The number of carbonyl (C=O) groups excluding carboxylic acids is 2. The number of carbonyl (C=O) groups is 2. The fourth-order valence-electron chi connectivity index (χ4n) is 4.23. The molecule has 1 fully saturated rings. The summed E-state index contributed by atoms with van der Waals surface area (Å²) in [5, 5.41) is 3.09. The summed E-state index contributed by atoms with van der Waals surface area (Å²) in [6.45, 7) is 1.61. The number of para-hydroxylation sites is 1. The van der Waals surface area contributed by atoms with E-state index in [1.165, 1.54) is 6.20 Å². The summed E-state index contributed by atoms with van der Waals surface area (Å²) in [4.78, 5) is 27.0. The highest BCUT2D eigenvalue weighted by atomic mass is 32.2. The number of hydrogen-bond acceptors (Lipinski definition) is 6. The highest BCUT2D eigenvalue weighted by Gasteiger charge is 2.26. The van der Waals surface area contributed by atoms with Crippen molar-refractivity contribution in [3.05, 3.63) is 48.7 Å². The van der Waals surface area contributed by atoms with Crippen molar-refractivity contribution in [1.29, 1.82) is 0 Å². The van der Waals surface area contributed by atoms with Crippen molar-refractivity contribution in [1.82, 2.24) is 9.47 Å². The van der Waals surface area contributed by atoms with E-state index in [9.17, 15) is 18.0 Å². The molecule has 0 unspecified atom stereocenters. The number of nitrogens with one attached hydrogen (secondary N) is 1. The lowest BCUT2D eigenvalue weighted by atomic mass is 10.2. The van der Waals surface area contributed by atoms with Crippen LogP contribution in [0.5, 0.6) is 11.5 Å². The number of ether oxygens (including phenoxy) is 2. The van der Waals surface area contributed by atoms with Crippen LogP contribution in [-0.2, 0) is 26.0 Å². The Balaban J connectivity index is 1.37. The topological polar surface area (TPSA) is 107 Å². The molecule has 2 aliphatic rings. The van der Waals surface area contributed by atoms with E-state index in [4.69, 9.17) is 9.47 Å². The fourth-order valence-corrected chi connectivity index (χ4v) is 5.59. The van der Waals surface area contributed by atoms with Crippen LogP contribution in [0.3, 0.4) is 0 Å². The van der Waals surface area contributed by atoms with E-state index in [1.807, 2.05) is 0 Å². The van der Waals surface area contributed by atoms with Gasteiger partial charge in [0, 0.05) is 41.9 Å². The maximum Gasteiger partial charge on any atom is 0.242 e. The second-order valence-electron chi connectivity index (χ2n) is 8.10. The van der Waals surface area contributed by atoms with Crippen molar-refractivity contribution < 1.29 is 27.5 Å². The average Bonchev–Trinajstić information content (AvgIpc) is 3.53. The molecule has 0 bridgehead atoms. The molecular formula is C23H23N3O6S. The first-order chi connectivity index (χ1) is 15.9. The van der Waals surface area contributed by atoms with Gasteiger partial charge in [-0.25, -0.2) is 8.42 Å². The Morgan fingerprint density at radius 3 is 2.58 bits per heavy atom. The van der Waals surface area contributed by atoms with Gasteiger partial charge in [-0.15, -0.1) is 0 Å². The number of fused-ring (bicyclic) bond motifs is 2. The smallest absolute Gasteiger partial charge is 0.242 e. The van der Waals surface area contributed by atoms with E-state index in [0.29, 0.717) is 28.1 Å². The van der Waals surface area contributed by atoms with E-state index < -0.39 is 21.5 Å². The van der Waals surface area contributed by atoms with Gasteiger partial charge in [-0.05, 0) is 31.0 Å². The Bertz CT molecular complexity index is 1340. The van der Waals surface area contributed by atoms with Gasteiger partial charge in [-0.3, -0.25) is 9.59 Å². The Labute approximate surface area is 190 Å². The molecular weight excluding hydrogens is 446 g/mol. The predicted octanol–water partition coefficient (Wildman–Crippen LogP) is 2.40. The van der Waals surface area contributed by atoms with Crippen molar-refractivity contribution in [2.45, 2.75) is 24.3 Å². The quantitative estimate of drug-likeness (QED) is 0.594. The zero-order valence-electron chi connectivity index (χ0n) is 17.8. The second-order valence-corrected chi connectivity index (χ2v) is 10.1. The number of benzene rings is 2. The van der Waals surface area contributed by atoms with Gasteiger partial charge in [-0.1, -0.05) is 18.2 Å². The highest BCUT2D eigenvalue weighted by Crippen LogP contribution is 2.34. The van der Waals surface area contributed by atoms with Crippen LogP contribution >= 0.6 is 0 Å². The van der Waals surface area contributed by atoms with Gasteiger partial charge < -0.3 is 24.3 Å². The van der Waals surface area contributed by atoms with Crippen molar-refractivity contribution in [3.63, 3.8) is 0 Å². The normalized spacial score (nSPS) is 15.2. The van der Waals surface area contributed by atoms with Gasteiger partial charge >= 0.3 is 0 Å². The first kappa shape index (κ1) is 21.3. The summed E-state index contributed by atoms with van der Waals surface area (Å²) < 4.78 is 38.5. The summed E-state index contributed by atoms with van der Waals surface area (Å²) in [6, 6.07) is 11.9. The standard InChI is InChI=1S/C23H23N3O6S/c27-22(24-16-7-8-19-20(11-16)32-15-31-19)14-33(29,30)21-12-26(18-6-2-1-5-17(18)21)13-23(28)25-9-3-4-10-25/h1-2,5-8,11-12H,3-4,9-10,13-15H2,(H,24,27). The van der Waals surface area contributed by atoms with E-state index >= 15 is 0 Å². The Morgan fingerprint density at radius 1 is 1.00 bits per heavy atom. The van der Waals surface area contributed by atoms with Crippen LogP contribution in [0, 0.1) is 0 Å². The molecule has 0 aliphatic carbocycles. The number of amides is 2. The molecule has 2 aliphatic heterocycles. The largest absolute Gasteiger partial charge is 0.454 e. The Kier molecular flexibility index (Phi) is 5.45. The van der Waals surface area contributed by atoms with Crippen LogP contribution in [0.1, 0.15) is 12.8 Å². The Hall–Kier alpha value is -3.53. The molecule has 0 spiro atoms. The minimum atomic E-state index is -3.97. The summed E-state index contributed by atoms with van der Waals surface area (Å²) in [7, 11) is -3.97. The molecule has 0 saturated carbocycles. The van der Waals surface area contributed by atoms with Gasteiger partial charge in [-0.2, -0.15) is 0 Å². The summed E-state index contributed by atoms with van der Waals surface area (Å²) in [5.74, 6) is -0.384. The van der Waals surface area contributed by atoms with Gasteiger partial charge in [0.2, 0.25) is 18.6 Å². The zero-order valence-corrected chi connectivity index (χ0v) is 18.6. The van der Waals surface area contributed by atoms with E-state index in [-0.39, 0.29) is 24.1 Å². The molecule has 33 heavy (non-hydrogen) atoms. The van der Waals surface area contributed by atoms with Gasteiger partial charge in [0.15, 0.2) is 21.3 Å². The number of hydrogen-bond donors (Lipinski definition) is 1. The molecule has 5 rings (SSSR count). The minimum absolute atomic E-state index is 0.0353. The molecule has 3 aromatic rings. The molecule has 0 atom stereocenters. The van der Waals surface area contributed by atoms with Gasteiger partial charge in [0.25, 0.3) is 0 Å². The third kappa shape index (κ3) is 4.25. The van der Waals surface area contributed by atoms with Crippen molar-refractivity contribution in [2.24, 2.45) is 0 Å². The first-order valence-electron chi connectivity index (χ1n) is 10.7. The van der Waals surface area contributed by atoms with Crippen LogP contribution in [-0.4, -0.2) is 55.3 Å². The van der Waals surface area contributed by atoms with Crippen LogP contribution < -0.4 is 14.8 Å². The molecule has 2 aromatic carbocycles. The molecule has 2 amide bonds. The number of nitrogens with zero attached hydrogens (tertiary/aromatic N) is 2. The highest BCUT2D eigenvalue weighted by molar-refractivity contribution is 7.92. The van der Waals surface area contributed by atoms with Crippen LogP contribution in [0.25, 0.3) is 10.9 Å². The SMILES string of the molecule is O=C(CS(=O)(=O)c1cn(CC(=O)N2CCCC2)c2ccccc12)Nc1ccc2c(c1)OCO2. The number of rotatable bonds is 6. The lowest BCUT2D eigenvalue weighted by Crippen LogP contribution is -2.30. The molecule has 172 valence electrons. The second kappa shape index (κ2) is 8.43. The first-order valence-corrected chi connectivity index (χ1v) is 12.3. The molecule has 0 radical (unpaired) electrons. The molecule has 9 nitrogen and oxygen atoms in total. The third-order valence-corrected chi connectivity index (χ3v) is 7.47. The van der Waals surface area contributed by atoms with Crippen molar-refractivity contribution in [2.75, 3.05) is 31.0 Å². The lowest BCUT2D eigenvalue weighted by molar-refractivity contribution is -0.130. The maximum absolute atomic E-state index is 13.2. The lowest BCUT2D eigenvalue weighted by Gasteiger charge is -2.15. The maximum atomic E-state index is 13.2. The summed E-state index contributed by atoms with van der Waals surface area (Å²) >= 11 is 0. The summed E-state index contributed by atoms with van der Waals surface area (Å²) in [6.07, 6.45) is 3.42. The van der Waals surface area contributed by atoms with Gasteiger partial charge in [0.05, 0.1) is 4.90 Å². The average molecular weight is 470 g/mol. The monoisotopic (exact) mass is 469 g/mol. The van der Waals surface area contributed by atoms with Crippen LogP contribution in [0.2, 0.25) is 0 Å². The number of likely N-dealkylation sites (tertiary alicyclic amines) is 1. The molecule has 3 heterocycles. The number of sulfone groups is 1. The summed E-state index contributed by atoms with van der Waals surface area (Å²) in [5.41, 5.74) is 1.05. The Morgan fingerprint density at radius 2 is 1.76 bits per heavy atom. The van der Waals surface area contributed by atoms with Crippen LogP contribution in [0.15, 0.2) is 53.6 Å². The van der Waals surface area contributed by atoms with E-state index in [2.05, 4.69) is 5.32 Å². The molecule has 1 saturated heterocycles. The third-order valence-electron chi connectivity index (χ3n) is 5.83.